The van der Waals surface area contributed by atoms with Crippen molar-refractivity contribution in [2.75, 3.05) is 0 Å². The van der Waals surface area contributed by atoms with Crippen molar-refractivity contribution in [3.05, 3.63) is 41.2 Å². The van der Waals surface area contributed by atoms with Crippen LogP contribution in [0.4, 0.5) is 4.39 Å². The fourth-order valence-electron chi connectivity index (χ4n) is 1.05. The molecule has 0 aliphatic rings. The molecule has 59 valence electrons. The molecule has 0 fully saturated rings. The largest absolute Gasteiger partial charge is 0.385 e. The fraction of sp³-hybridized carbons (Fsp3) is 0.222. The minimum Gasteiger partial charge on any atom is -0.385 e. The smallest absolute Gasteiger partial charge is 0.129 e. The van der Waals surface area contributed by atoms with Gasteiger partial charge >= 0.3 is 0 Å². The molecule has 0 aliphatic heterocycles. The van der Waals surface area contributed by atoms with E-state index >= 15 is 0 Å². The van der Waals surface area contributed by atoms with Gasteiger partial charge in [-0.2, -0.15) is 0 Å². The minimum absolute atomic E-state index is 0.199. The van der Waals surface area contributed by atoms with Gasteiger partial charge in [0.1, 0.15) is 12.4 Å². The molecule has 0 amide bonds. The van der Waals surface area contributed by atoms with E-state index < -0.39 is 0 Å². The molecule has 11 heavy (non-hydrogen) atoms. The highest BCUT2D eigenvalue weighted by atomic mass is 19.1. The molecule has 2 heteroatoms. The van der Waals surface area contributed by atoms with Crippen molar-refractivity contribution >= 4 is 0 Å². The molecular weight excluding hydrogens is 143 g/mol. The maximum Gasteiger partial charge on any atom is 0.129 e. The summed E-state index contributed by atoms with van der Waals surface area (Å²) in [5, 5.41) is 8.63. The molecule has 0 bridgehead atoms. The number of hydrogen-bond acceptors (Lipinski definition) is 1. The molecule has 0 heterocycles. The molecule has 1 nitrogen and oxygen atoms in total. The van der Waals surface area contributed by atoms with E-state index in [-0.39, 0.29) is 5.82 Å². The second-order valence-corrected chi connectivity index (χ2v) is 2.60. The van der Waals surface area contributed by atoms with Gasteiger partial charge in [-0.05, 0) is 30.5 Å². The first-order valence-corrected chi connectivity index (χ1v) is 3.39. The van der Waals surface area contributed by atoms with Crippen molar-refractivity contribution in [3.8, 4) is 0 Å². The fourth-order valence-corrected chi connectivity index (χ4v) is 1.05. The molecule has 0 spiro atoms. The lowest BCUT2D eigenvalue weighted by atomic mass is 10.1. The molecule has 0 unspecified atom stereocenters. The second kappa shape index (κ2) is 3.01. The van der Waals surface area contributed by atoms with E-state index in [0.717, 1.165) is 6.61 Å². The van der Waals surface area contributed by atoms with Crippen LogP contribution in [-0.4, -0.2) is 5.11 Å². The van der Waals surface area contributed by atoms with E-state index in [1.165, 1.54) is 0 Å². The van der Waals surface area contributed by atoms with Gasteiger partial charge in [0.15, 0.2) is 0 Å². The molecule has 1 rings (SSSR count). The first-order valence-electron chi connectivity index (χ1n) is 3.39. The van der Waals surface area contributed by atoms with Crippen molar-refractivity contribution in [2.45, 2.75) is 13.8 Å². The van der Waals surface area contributed by atoms with Crippen molar-refractivity contribution in [1.82, 2.24) is 0 Å². The lowest BCUT2D eigenvalue weighted by molar-refractivity contribution is 0.414. The normalized spacial score (nSPS) is 10.2. The van der Waals surface area contributed by atoms with Crippen molar-refractivity contribution in [2.24, 2.45) is 0 Å². The topological polar surface area (TPSA) is 20.2 Å². The summed E-state index contributed by atoms with van der Waals surface area (Å²) in [5.41, 5.74) is 1.76. The highest BCUT2D eigenvalue weighted by molar-refractivity contribution is 5.32. The van der Waals surface area contributed by atoms with E-state index in [2.05, 4.69) is 0 Å². The van der Waals surface area contributed by atoms with Crippen LogP contribution in [0.15, 0.2) is 12.1 Å². The zero-order chi connectivity index (χ0) is 8.43. The van der Waals surface area contributed by atoms with Crippen LogP contribution in [0, 0.1) is 26.3 Å². The third kappa shape index (κ3) is 1.57. The first-order chi connectivity index (χ1) is 5.15. The number of halogens is 1. The number of aryl methyl sites for hydroxylation is 2. The monoisotopic (exact) mass is 153 g/mol. The number of rotatable bonds is 1. The molecule has 0 saturated heterocycles. The molecule has 0 saturated carbocycles. The standard InChI is InChI=1S/C9H10FO/c1-6-3-8(5-11)4-7(2)9(6)10/h3-5,11H,1-2H3. The summed E-state index contributed by atoms with van der Waals surface area (Å²) in [4.78, 5) is 0. The lowest BCUT2D eigenvalue weighted by Crippen LogP contribution is -1.90. The quantitative estimate of drug-likeness (QED) is 0.656. The highest BCUT2D eigenvalue weighted by Crippen LogP contribution is 2.14. The summed E-state index contributed by atoms with van der Waals surface area (Å²) in [5.74, 6) is -0.199. The molecule has 1 radical (unpaired) electrons. The van der Waals surface area contributed by atoms with Gasteiger partial charge in [-0.1, -0.05) is 12.1 Å². The van der Waals surface area contributed by atoms with Crippen molar-refractivity contribution < 1.29 is 9.50 Å². The lowest BCUT2D eigenvalue weighted by Gasteiger charge is -2.02. The van der Waals surface area contributed by atoms with Crippen LogP contribution in [0.1, 0.15) is 16.7 Å². The molecular formula is C9H10FO. The molecule has 0 aliphatic carbocycles. The van der Waals surface area contributed by atoms with Gasteiger partial charge in [-0.3, -0.25) is 0 Å². The minimum atomic E-state index is -0.199. The predicted octanol–water partition coefficient (Wildman–Crippen LogP) is 2.32. The Labute approximate surface area is 65.5 Å². The third-order valence-corrected chi connectivity index (χ3v) is 1.61. The van der Waals surface area contributed by atoms with E-state index in [1.807, 2.05) is 0 Å². The SMILES string of the molecule is Cc1cc([CH]O)cc(C)c1F. The van der Waals surface area contributed by atoms with Crippen LogP contribution < -0.4 is 0 Å². The second-order valence-electron chi connectivity index (χ2n) is 2.60. The average Bonchev–Trinajstić information content (AvgIpc) is 1.99. The van der Waals surface area contributed by atoms with Gasteiger partial charge in [-0.25, -0.2) is 4.39 Å². The Bertz CT molecular complexity index is 245. The Balaban J connectivity index is 3.21. The van der Waals surface area contributed by atoms with Gasteiger partial charge in [0.05, 0.1) is 0 Å². The molecule has 0 aromatic heterocycles. The molecule has 1 aromatic rings. The summed E-state index contributed by atoms with van der Waals surface area (Å²) < 4.78 is 13.0. The van der Waals surface area contributed by atoms with Crippen LogP contribution in [-0.2, 0) is 0 Å². The van der Waals surface area contributed by atoms with Gasteiger partial charge < -0.3 is 5.11 Å². The number of hydrogen-bond donors (Lipinski definition) is 1. The van der Waals surface area contributed by atoms with Crippen LogP contribution >= 0.6 is 0 Å². The van der Waals surface area contributed by atoms with Gasteiger partial charge in [0.2, 0.25) is 0 Å². The van der Waals surface area contributed by atoms with E-state index in [4.69, 9.17) is 5.11 Å². The van der Waals surface area contributed by atoms with Crippen LogP contribution in [0.25, 0.3) is 0 Å². The summed E-state index contributed by atoms with van der Waals surface area (Å²) in [6.07, 6.45) is 0. The summed E-state index contributed by atoms with van der Waals surface area (Å²) in [7, 11) is 0. The summed E-state index contributed by atoms with van der Waals surface area (Å²) >= 11 is 0. The Hall–Kier alpha value is -0.890. The van der Waals surface area contributed by atoms with E-state index in [1.54, 1.807) is 26.0 Å². The maximum absolute atomic E-state index is 13.0. The molecule has 1 N–H and O–H groups in total. The maximum atomic E-state index is 13.0. The Kier molecular flexibility index (Phi) is 2.25. The van der Waals surface area contributed by atoms with Crippen LogP contribution in [0.3, 0.4) is 0 Å². The predicted molar refractivity (Wildman–Crippen MR) is 41.2 cm³/mol. The zero-order valence-corrected chi connectivity index (χ0v) is 6.56. The Morgan fingerprint density at radius 1 is 1.27 bits per heavy atom. The first kappa shape index (κ1) is 8.21. The van der Waals surface area contributed by atoms with Crippen molar-refractivity contribution in [3.63, 3.8) is 0 Å². The van der Waals surface area contributed by atoms with E-state index in [0.29, 0.717) is 16.7 Å². The van der Waals surface area contributed by atoms with E-state index in [9.17, 15) is 4.39 Å². The van der Waals surface area contributed by atoms with Gasteiger partial charge in [0.25, 0.3) is 0 Å². The number of aliphatic hydroxyl groups is 1. The molecule has 0 atom stereocenters. The Morgan fingerprint density at radius 3 is 2.09 bits per heavy atom. The van der Waals surface area contributed by atoms with Crippen molar-refractivity contribution in [1.29, 1.82) is 0 Å². The van der Waals surface area contributed by atoms with Crippen LogP contribution in [0.5, 0.6) is 0 Å². The molecule has 1 aromatic carbocycles. The van der Waals surface area contributed by atoms with Gasteiger partial charge in [0, 0.05) is 0 Å². The Morgan fingerprint density at radius 2 is 1.73 bits per heavy atom. The number of aliphatic hydroxyl groups excluding tert-OH is 1. The average molecular weight is 153 g/mol. The number of benzene rings is 1. The summed E-state index contributed by atoms with van der Waals surface area (Å²) in [6.45, 7) is 4.32. The summed E-state index contributed by atoms with van der Waals surface area (Å²) in [6, 6.07) is 3.20. The highest BCUT2D eigenvalue weighted by Gasteiger charge is 2.02. The third-order valence-electron chi connectivity index (χ3n) is 1.61. The van der Waals surface area contributed by atoms with Gasteiger partial charge in [-0.15, -0.1) is 0 Å². The zero-order valence-electron chi connectivity index (χ0n) is 6.56. The van der Waals surface area contributed by atoms with Crippen LogP contribution in [0.2, 0.25) is 0 Å².